The van der Waals surface area contributed by atoms with Crippen LogP contribution in [0.5, 0.6) is 11.5 Å². The monoisotopic (exact) mass is 457 g/mol. The zero-order valence-corrected chi connectivity index (χ0v) is 19.9. The lowest BCUT2D eigenvalue weighted by Crippen LogP contribution is -2.43. The average Bonchev–Trinajstić information content (AvgIpc) is 2.80. The largest absolute Gasteiger partial charge is 0.493 e. The van der Waals surface area contributed by atoms with Gasteiger partial charge in [-0.25, -0.2) is 4.79 Å². The topological polar surface area (TPSA) is 100 Å². The third-order valence-corrected chi connectivity index (χ3v) is 6.14. The van der Waals surface area contributed by atoms with Gasteiger partial charge in [-0.2, -0.15) is 0 Å². The molecule has 8 nitrogen and oxygen atoms in total. The van der Waals surface area contributed by atoms with E-state index >= 15 is 0 Å². The first-order valence-electron chi connectivity index (χ1n) is 11.0. The molecule has 0 fully saturated rings. The number of carbonyl (C=O) groups is 3. The van der Waals surface area contributed by atoms with Crippen molar-refractivity contribution in [3.63, 3.8) is 0 Å². The smallest absolute Gasteiger partial charge is 0.336 e. The molecule has 0 bridgehead atoms. The molecule has 0 spiro atoms. The number of ether oxygens (including phenoxy) is 4. The number of carbonyl (C=O) groups excluding carboxylic acids is 3. The van der Waals surface area contributed by atoms with E-state index < -0.39 is 23.8 Å². The van der Waals surface area contributed by atoms with Gasteiger partial charge in [-0.1, -0.05) is 19.9 Å². The zero-order chi connectivity index (χ0) is 24.3. The van der Waals surface area contributed by atoms with Crippen molar-refractivity contribution in [3.05, 3.63) is 46.3 Å². The van der Waals surface area contributed by atoms with Crippen LogP contribution in [0.4, 0.5) is 0 Å². The van der Waals surface area contributed by atoms with Gasteiger partial charge in [-0.15, -0.1) is 0 Å². The van der Waals surface area contributed by atoms with E-state index in [4.69, 9.17) is 18.9 Å². The molecular weight excluding hydrogens is 426 g/mol. The number of dihydropyridines is 1. The van der Waals surface area contributed by atoms with Crippen LogP contribution in [0.15, 0.2) is 40.7 Å². The van der Waals surface area contributed by atoms with Crippen molar-refractivity contribution in [2.45, 2.75) is 39.5 Å². The summed E-state index contributed by atoms with van der Waals surface area (Å²) >= 11 is 0. The standard InChI is InChI=1S/C25H31NO7/c1-7-10-33-25(29)20-14(3)26-16-11-13(2)19(24(28)32-6)23(27)22(16)21(20)15-8-9-17(30-4)18(12-15)31-5/h8-9,12-13,19,21,26H,7,10-11H2,1-6H3. The summed E-state index contributed by atoms with van der Waals surface area (Å²) in [6.07, 6.45) is 1.14. The number of methoxy groups -OCH3 is 3. The Morgan fingerprint density at radius 1 is 1.12 bits per heavy atom. The van der Waals surface area contributed by atoms with Crippen molar-refractivity contribution in [1.82, 2.24) is 5.32 Å². The first kappa shape index (κ1) is 24.4. The molecule has 0 aromatic heterocycles. The molecule has 178 valence electrons. The summed E-state index contributed by atoms with van der Waals surface area (Å²) in [5.74, 6) is -2.35. The van der Waals surface area contributed by atoms with Crippen LogP contribution in [0.3, 0.4) is 0 Å². The number of Topliss-reactive ketones (excluding diaryl/α,β-unsaturated/α-hetero) is 1. The fraction of sp³-hybridized carbons (Fsp3) is 0.480. The number of rotatable bonds is 7. The van der Waals surface area contributed by atoms with Crippen molar-refractivity contribution < 1.29 is 33.3 Å². The van der Waals surface area contributed by atoms with Gasteiger partial charge < -0.3 is 24.3 Å². The van der Waals surface area contributed by atoms with Crippen LogP contribution < -0.4 is 14.8 Å². The second kappa shape index (κ2) is 10.1. The highest BCUT2D eigenvalue weighted by Crippen LogP contribution is 2.46. The third-order valence-electron chi connectivity index (χ3n) is 6.14. The Balaban J connectivity index is 2.20. The van der Waals surface area contributed by atoms with Gasteiger partial charge in [0.25, 0.3) is 0 Å². The molecular formula is C25H31NO7. The highest BCUT2D eigenvalue weighted by atomic mass is 16.5. The number of nitrogens with one attached hydrogen (secondary N) is 1. The molecule has 0 radical (unpaired) electrons. The summed E-state index contributed by atoms with van der Waals surface area (Å²) in [5, 5.41) is 3.24. The summed E-state index contributed by atoms with van der Waals surface area (Å²) < 4.78 is 21.2. The minimum Gasteiger partial charge on any atom is -0.493 e. The molecule has 0 saturated carbocycles. The summed E-state index contributed by atoms with van der Waals surface area (Å²) in [6, 6.07) is 5.27. The molecule has 1 aromatic rings. The molecule has 1 heterocycles. The highest BCUT2D eigenvalue weighted by Gasteiger charge is 2.47. The van der Waals surface area contributed by atoms with Crippen LogP contribution in [0.2, 0.25) is 0 Å². The first-order chi connectivity index (χ1) is 15.8. The Bertz CT molecular complexity index is 1020. The number of hydrogen-bond acceptors (Lipinski definition) is 8. The maximum Gasteiger partial charge on any atom is 0.336 e. The SMILES string of the molecule is CCCOC(=O)C1=C(C)NC2=C(C(=O)C(C(=O)OC)C(C)C2)C1c1ccc(OC)c(OC)c1. The first-order valence-corrected chi connectivity index (χ1v) is 11.0. The van der Waals surface area contributed by atoms with Crippen LogP contribution >= 0.6 is 0 Å². The van der Waals surface area contributed by atoms with E-state index in [1.165, 1.54) is 21.3 Å². The van der Waals surface area contributed by atoms with Gasteiger partial charge in [-0.05, 0) is 43.4 Å². The fourth-order valence-corrected chi connectivity index (χ4v) is 4.59. The molecule has 1 N–H and O–H groups in total. The Labute approximate surface area is 193 Å². The third kappa shape index (κ3) is 4.47. The van der Waals surface area contributed by atoms with Crippen LogP contribution in [0, 0.1) is 11.8 Å². The van der Waals surface area contributed by atoms with E-state index in [0.29, 0.717) is 52.4 Å². The summed E-state index contributed by atoms with van der Waals surface area (Å²) in [7, 11) is 4.33. The van der Waals surface area contributed by atoms with Crippen LogP contribution in [0.25, 0.3) is 0 Å². The molecule has 2 aliphatic rings. The highest BCUT2D eigenvalue weighted by molar-refractivity contribution is 6.12. The Morgan fingerprint density at radius 3 is 2.42 bits per heavy atom. The van der Waals surface area contributed by atoms with Crippen LogP contribution in [-0.4, -0.2) is 45.7 Å². The Hall–Kier alpha value is -3.29. The van der Waals surface area contributed by atoms with Gasteiger partial charge in [-0.3, -0.25) is 9.59 Å². The quantitative estimate of drug-likeness (QED) is 0.492. The van der Waals surface area contributed by atoms with Gasteiger partial charge in [0.1, 0.15) is 5.92 Å². The zero-order valence-electron chi connectivity index (χ0n) is 19.9. The fourth-order valence-electron chi connectivity index (χ4n) is 4.59. The number of esters is 2. The van der Waals surface area contributed by atoms with Gasteiger partial charge in [0.05, 0.1) is 33.5 Å². The summed E-state index contributed by atoms with van der Waals surface area (Å²) in [4.78, 5) is 39.3. The van der Waals surface area contributed by atoms with Gasteiger partial charge >= 0.3 is 11.9 Å². The number of benzene rings is 1. The van der Waals surface area contributed by atoms with E-state index in [2.05, 4.69) is 5.32 Å². The maximum absolute atomic E-state index is 13.7. The summed E-state index contributed by atoms with van der Waals surface area (Å²) in [6.45, 7) is 5.81. The molecule has 33 heavy (non-hydrogen) atoms. The Morgan fingerprint density at radius 2 is 1.82 bits per heavy atom. The van der Waals surface area contributed by atoms with E-state index in [1.807, 2.05) is 13.8 Å². The minimum atomic E-state index is -0.940. The molecule has 0 amide bonds. The van der Waals surface area contributed by atoms with Gasteiger partial charge in [0.2, 0.25) is 0 Å². The van der Waals surface area contributed by atoms with E-state index in [1.54, 1.807) is 25.1 Å². The second-order valence-electron chi connectivity index (χ2n) is 8.29. The molecule has 1 aliphatic heterocycles. The molecule has 8 heteroatoms. The molecule has 1 aromatic carbocycles. The van der Waals surface area contributed by atoms with Crippen LogP contribution in [0.1, 0.15) is 45.1 Å². The average molecular weight is 458 g/mol. The van der Waals surface area contributed by atoms with E-state index in [-0.39, 0.29) is 18.3 Å². The van der Waals surface area contributed by atoms with E-state index in [9.17, 15) is 14.4 Å². The van der Waals surface area contributed by atoms with Crippen molar-refractivity contribution in [2.75, 3.05) is 27.9 Å². The molecule has 3 rings (SSSR count). The van der Waals surface area contributed by atoms with Crippen LogP contribution in [-0.2, 0) is 23.9 Å². The lowest BCUT2D eigenvalue weighted by Gasteiger charge is -2.38. The molecule has 1 aliphatic carbocycles. The second-order valence-corrected chi connectivity index (χ2v) is 8.29. The normalized spacial score (nSPS) is 22.4. The predicted octanol–water partition coefficient (Wildman–Crippen LogP) is 3.27. The predicted molar refractivity (Wildman–Crippen MR) is 121 cm³/mol. The number of hydrogen-bond donors (Lipinski definition) is 1. The molecule has 3 atom stereocenters. The lowest BCUT2D eigenvalue weighted by atomic mass is 9.69. The number of allylic oxidation sites excluding steroid dienone is 3. The van der Waals surface area contributed by atoms with Crippen molar-refractivity contribution in [3.8, 4) is 11.5 Å². The number of ketones is 1. The van der Waals surface area contributed by atoms with Gasteiger partial charge in [0.15, 0.2) is 17.3 Å². The summed E-state index contributed by atoms with van der Waals surface area (Å²) in [5.41, 5.74) is 2.70. The lowest BCUT2D eigenvalue weighted by molar-refractivity contribution is -0.151. The maximum atomic E-state index is 13.7. The van der Waals surface area contributed by atoms with Crippen molar-refractivity contribution in [1.29, 1.82) is 0 Å². The minimum absolute atomic E-state index is 0.247. The van der Waals surface area contributed by atoms with Crippen molar-refractivity contribution >= 4 is 17.7 Å². The molecule has 0 saturated heterocycles. The van der Waals surface area contributed by atoms with Crippen molar-refractivity contribution in [2.24, 2.45) is 11.8 Å². The molecule has 3 unspecified atom stereocenters. The van der Waals surface area contributed by atoms with E-state index in [0.717, 1.165) is 0 Å². The Kier molecular flexibility index (Phi) is 7.46. The van der Waals surface area contributed by atoms with Gasteiger partial charge in [0, 0.05) is 22.9 Å².